The molecule has 2 aromatic rings. The number of aromatic nitrogens is 1. The van der Waals surface area contributed by atoms with Crippen molar-refractivity contribution in [2.75, 3.05) is 13.2 Å². The van der Waals surface area contributed by atoms with Crippen LogP contribution in [-0.2, 0) is 52.3 Å². The number of carbonyl (C=O) groups excluding carboxylic acids is 4. The average molecular weight is 685 g/mol. The predicted octanol–water partition coefficient (Wildman–Crippen LogP) is 1.96. The van der Waals surface area contributed by atoms with Gasteiger partial charge in [0.15, 0.2) is 0 Å². The molecule has 0 N–H and O–H groups in total. The summed E-state index contributed by atoms with van der Waals surface area (Å²) in [6.07, 6.45) is -6.38. The Hall–Kier alpha value is -3.03. The Labute approximate surface area is 261 Å². The summed E-state index contributed by atoms with van der Waals surface area (Å²) in [5.41, 5.74) is -0.262. The zero-order valence-corrected chi connectivity index (χ0v) is 27.5. The first kappa shape index (κ1) is 33.9. The van der Waals surface area contributed by atoms with Crippen LogP contribution >= 0.6 is 0 Å². The van der Waals surface area contributed by atoms with Crippen LogP contribution in [0, 0.1) is 17.8 Å². The summed E-state index contributed by atoms with van der Waals surface area (Å²) >= 11 is -0.474. The van der Waals surface area contributed by atoms with Gasteiger partial charge in [0.05, 0.1) is 0 Å². The maximum atomic E-state index is 13.5. The third-order valence-electron chi connectivity index (χ3n) is 8.05. The molecule has 242 valence electrons. The number of ether oxygens (including phenoxy) is 7. The number of carbonyl (C=O) groups is 4. The summed E-state index contributed by atoms with van der Waals surface area (Å²) in [5.74, 6) is -3.22. The van der Waals surface area contributed by atoms with E-state index in [1.54, 1.807) is 22.6 Å². The molecule has 2 aliphatic rings. The fourth-order valence-electron chi connectivity index (χ4n) is 5.64. The van der Waals surface area contributed by atoms with Gasteiger partial charge < -0.3 is 0 Å². The molecule has 13 nitrogen and oxygen atoms in total. The molecule has 10 atom stereocenters. The molecule has 4 unspecified atom stereocenters. The Kier molecular flexibility index (Phi) is 11.1. The number of rotatable bonds is 9. The summed E-state index contributed by atoms with van der Waals surface area (Å²) in [6, 6.07) is 7.22. The van der Waals surface area contributed by atoms with Crippen LogP contribution in [0.4, 0.5) is 0 Å². The van der Waals surface area contributed by atoms with E-state index < -0.39 is 87.6 Å². The van der Waals surface area contributed by atoms with Crippen molar-refractivity contribution in [3.63, 3.8) is 0 Å². The number of hydrogen-bond donors (Lipinski definition) is 0. The van der Waals surface area contributed by atoms with Crippen molar-refractivity contribution in [3.05, 3.63) is 34.6 Å². The summed E-state index contributed by atoms with van der Waals surface area (Å²) in [5, 5.41) is 0.544. The third kappa shape index (κ3) is 7.60. The van der Waals surface area contributed by atoms with Crippen LogP contribution in [0.2, 0.25) is 0 Å². The standard InChI is InChI=1S/C30H39NO12Se/c1-14-15(2)27(40-20(7)35)30(42-22(14)12-37-17(4)32)43-25-16(3)26(39-19(6)34)29(41-23(25)13-38-18(5)33)31-28(36)21-10-8-9-11-24(21)44-31/h8-11,14-16,22-23,25-27,29-30H,12-13H2,1-7H3/t14-,15+,16+,22?,23?,25+,26?,27?,29-,30+/m1/s1. The Bertz CT molecular complexity index is 1420. The molecule has 0 bridgehead atoms. The van der Waals surface area contributed by atoms with E-state index in [2.05, 4.69) is 0 Å². The molecule has 44 heavy (non-hydrogen) atoms. The van der Waals surface area contributed by atoms with E-state index in [1.165, 1.54) is 27.7 Å². The van der Waals surface area contributed by atoms with E-state index in [0.717, 1.165) is 4.26 Å². The first-order valence-electron chi connectivity index (χ1n) is 14.5. The molecule has 4 rings (SSSR count). The SMILES string of the molecule is CC(=O)OCC1O[C@@H](n2[se]c3ccccc3c2=O)C(OC(C)=O)[C@@H](C)[C@@H]1O[C@@H]1OC(COC(C)=O)[C@H](C)[C@H](C)C1OC(C)=O. The van der Waals surface area contributed by atoms with Crippen molar-refractivity contribution < 1.29 is 52.3 Å². The Morgan fingerprint density at radius 3 is 1.93 bits per heavy atom. The van der Waals surface area contributed by atoms with Crippen molar-refractivity contribution in [2.45, 2.75) is 91.5 Å². The second-order valence-electron chi connectivity index (χ2n) is 11.3. The van der Waals surface area contributed by atoms with Gasteiger partial charge in [-0.05, 0) is 0 Å². The van der Waals surface area contributed by atoms with Gasteiger partial charge in [-0.2, -0.15) is 0 Å². The van der Waals surface area contributed by atoms with Crippen molar-refractivity contribution in [3.8, 4) is 0 Å². The first-order chi connectivity index (χ1) is 20.8. The van der Waals surface area contributed by atoms with E-state index in [-0.39, 0.29) is 30.6 Å². The Morgan fingerprint density at radius 2 is 1.34 bits per heavy atom. The second-order valence-corrected chi connectivity index (χ2v) is 13.4. The summed E-state index contributed by atoms with van der Waals surface area (Å²) in [4.78, 5) is 61.3. The molecular weight excluding hydrogens is 645 g/mol. The van der Waals surface area contributed by atoms with Gasteiger partial charge in [-0.25, -0.2) is 0 Å². The van der Waals surface area contributed by atoms with Crippen molar-refractivity contribution in [2.24, 2.45) is 17.8 Å². The molecule has 14 heteroatoms. The molecule has 1 aromatic carbocycles. The van der Waals surface area contributed by atoms with Gasteiger partial charge in [0.1, 0.15) is 0 Å². The molecule has 2 aliphatic heterocycles. The predicted molar refractivity (Wildman–Crippen MR) is 154 cm³/mol. The maximum absolute atomic E-state index is 13.5. The van der Waals surface area contributed by atoms with Gasteiger partial charge in [-0.3, -0.25) is 4.79 Å². The molecule has 0 spiro atoms. The molecule has 0 saturated carbocycles. The molecule has 0 aliphatic carbocycles. The fourth-order valence-corrected chi connectivity index (χ4v) is 7.86. The fraction of sp³-hybridized carbons (Fsp3) is 0.633. The minimum atomic E-state index is -1.14. The second kappa shape index (κ2) is 14.4. The molecule has 1 aromatic heterocycles. The van der Waals surface area contributed by atoms with Gasteiger partial charge in [0.25, 0.3) is 0 Å². The number of hydrogen-bond acceptors (Lipinski definition) is 12. The molecule has 2 saturated heterocycles. The number of esters is 4. The Morgan fingerprint density at radius 1 is 0.750 bits per heavy atom. The molecule has 3 heterocycles. The first-order valence-corrected chi connectivity index (χ1v) is 16.1. The van der Waals surface area contributed by atoms with Crippen LogP contribution in [0.1, 0.15) is 54.7 Å². The van der Waals surface area contributed by atoms with Gasteiger partial charge in [-0.15, -0.1) is 0 Å². The number of fused-ring (bicyclic) bond motifs is 1. The summed E-state index contributed by atoms with van der Waals surface area (Å²) in [7, 11) is 0. The van der Waals surface area contributed by atoms with Gasteiger partial charge in [-0.1, -0.05) is 0 Å². The third-order valence-corrected chi connectivity index (χ3v) is 10.4. The van der Waals surface area contributed by atoms with Crippen LogP contribution in [0.5, 0.6) is 0 Å². The molecule has 0 radical (unpaired) electrons. The summed E-state index contributed by atoms with van der Waals surface area (Å²) in [6.45, 7) is 10.4. The average Bonchev–Trinajstić information content (AvgIpc) is 3.28. The van der Waals surface area contributed by atoms with Crippen molar-refractivity contribution in [1.29, 1.82) is 0 Å². The quantitative estimate of drug-likeness (QED) is 0.216. The minimum absolute atomic E-state index is 0.0427. The van der Waals surface area contributed by atoms with E-state index in [9.17, 15) is 24.0 Å². The van der Waals surface area contributed by atoms with E-state index >= 15 is 0 Å². The zero-order valence-electron chi connectivity index (χ0n) is 25.8. The van der Waals surface area contributed by atoms with Crippen LogP contribution in [0.25, 0.3) is 9.65 Å². The topological polar surface area (TPSA) is 155 Å². The van der Waals surface area contributed by atoms with Crippen molar-refractivity contribution >= 4 is 48.3 Å². The van der Waals surface area contributed by atoms with Crippen LogP contribution in [0.3, 0.4) is 0 Å². The zero-order chi connectivity index (χ0) is 32.3. The molecule has 2 fully saturated rings. The number of nitrogens with zero attached hydrogens (tertiary/aromatic N) is 1. The van der Waals surface area contributed by atoms with E-state index in [1.807, 2.05) is 26.0 Å². The van der Waals surface area contributed by atoms with Crippen molar-refractivity contribution in [1.82, 2.24) is 3.56 Å². The normalized spacial score (nSPS) is 32.1. The van der Waals surface area contributed by atoms with Gasteiger partial charge in [0, 0.05) is 6.92 Å². The summed E-state index contributed by atoms with van der Waals surface area (Å²) < 4.78 is 43.6. The van der Waals surface area contributed by atoms with Gasteiger partial charge >= 0.3 is 250 Å². The monoisotopic (exact) mass is 685 g/mol. The Balaban J connectivity index is 1.72. The van der Waals surface area contributed by atoms with Gasteiger partial charge in [0.2, 0.25) is 0 Å². The van der Waals surface area contributed by atoms with Crippen LogP contribution in [0.15, 0.2) is 29.1 Å². The van der Waals surface area contributed by atoms with E-state index in [4.69, 9.17) is 33.2 Å². The van der Waals surface area contributed by atoms with Crippen LogP contribution < -0.4 is 5.56 Å². The van der Waals surface area contributed by atoms with Crippen LogP contribution in [-0.4, -0.2) is 92.2 Å². The van der Waals surface area contributed by atoms with E-state index in [0.29, 0.717) is 5.39 Å². The molecule has 0 amide bonds. The number of benzene rings is 1. The molecular formula is C30H39NO12Se.